The highest BCUT2D eigenvalue weighted by atomic mass is 16.5. The molecule has 0 aliphatic rings. The number of carbonyl (C=O) groups excluding carboxylic acids is 2. The quantitative estimate of drug-likeness (QED) is 0.720. The average Bonchev–Trinajstić information content (AvgIpc) is 2.29. The van der Waals surface area contributed by atoms with E-state index in [2.05, 4.69) is 10.1 Å². The van der Waals surface area contributed by atoms with Crippen molar-refractivity contribution in [3.05, 3.63) is 35.9 Å². The minimum absolute atomic E-state index is 0.0848. The third-order valence-electron chi connectivity index (χ3n) is 2.24. The monoisotopic (exact) mass is 236 g/mol. The molecule has 3 N–H and O–H groups in total. The number of hydrogen-bond donors (Lipinski definition) is 2. The van der Waals surface area contributed by atoms with Crippen molar-refractivity contribution >= 4 is 11.8 Å². The molecule has 0 aliphatic heterocycles. The smallest absolute Gasteiger partial charge is 0.246 e. The molecule has 0 heterocycles. The van der Waals surface area contributed by atoms with Gasteiger partial charge in [-0.2, -0.15) is 0 Å². The van der Waals surface area contributed by atoms with Gasteiger partial charge in [-0.05, 0) is 5.56 Å². The first-order valence-electron chi connectivity index (χ1n) is 5.25. The van der Waals surface area contributed by atoms with Crippen LogP contribution < -0.4 is 11.1 Å². The van der Waals surface area contributed by atoms with Crippen LogP contribution >= 0.6 is 0 Å². The Hall–Kier alpha value is -1.88. The fraction of sp³-hybridized carbons (Fsp3) is 0.333. The zero-order chi connectivity index (χ0) is 12.7. The first-order valence-corrected chi connectivity index (χ1v) is 5.25. The van der Waals surface area contributed by atoms with Gasteiger partial charge in [0.25, 0.3) is 0 Å². The van der Waals surface area contributed by atoms with E-state index in [0.717, 1.165) is 5.56 Å². The van der Waals surface area contributed by atoms with Crippen LogP contribution in [-0.4, -0.2) is 31.6 Å². The van der Waals surface area contributed by atoms with Gasteiger partial charge in [-0.15, -0.1) is 0 Å². The predicted molar refractivity (Wildman–Crippen MR) is 63.1 cm³/mol. The molecule has 1 rings (SSSR count). The van der Waals surface area contributed by atoms with Crippen LogP contribution in [0.4, 0.5) is 0 Å². The lowest BCUT2D eigenvalue weighted by atomic mass is 10.1. The molecule has 1 aromatic rings. The van der Waals surface area contributed by atoms with Crippen LogP contribution in [0.2, 0.25) is 0 Å². The van der Waals surface area contributed by atoms with Crippen molar-refractivity contribution in [3.8, 4) is 0 Å². The summed E-state index contributed by atoms with van der Waals surface area (Å²) in [7, 11) is 1.41. The zero-order valence-electron chi connectivity index (χ0n) is 9.68. The van der Waals surface area contributed by atoms with E-state index in [9.17, 15) is 9.59 Å². The Balaban J connectivity index is 2.61. The predicted octanol–water partition coefficient (Wildman–Crippen LogP) is -0.154. The molecule has 0 unspecified atom stereocenters. The van der Waals surface area contributed by atoms with E-state index in [0.29, 0.717) is 6.42 Å². The number of amides is 2. The highest BCUT2D eigenvalue weighted by Crippen LogP contribution is 2.02. The van der Waals surface area contributed by atoms with Gasteiger partial charge in [-0.3, -0.25) is 9.59 Å². The van der Waals surface area contributed by atoms with E-state index in [1.165, 1.54) is 7.11 Å². The van der Waals surface area contributed by atoms with E-state index in [1.807, 2.05) is 30.3 Å². The first kappa shape index (κ1) is 13.2. The fourth-order valence-corrected chi connectivity index (χ4v) is 1.44. The second kappa shape index (κ2) is 6.65. The number of rotatable bonds is 6. The lowest BCUT2D eigenvalue weighted by molar-refractivity contribution is -0.129. The van der Waals surface area contributed by atoms with Crippen molar-refractivity contribution in [2.24, 2.45) is 5.73 Å². The number of methoxy groups -OCH3 is 1. The maximum Gasteiger partial charge on any atom is 0.246 e. The Kier molecular flexibility index (Phi) is 5.16. The second-order valence-corrected chi connectivity index (χ2v) is 3.65. The molecule has 1 aromatic carbocycles. The Labute approximate surface area is 99.9 Å². The van der Waals surface area contributed by atoms with Crippen molar-refractivity contribution in [1.82, 2.24) is 5.32 Å². The maximum atomic E-state index is 11.3. The van der Waals surface area contributed by atoms with Crippen LogP contribution in [0.15, 0.2) is 30.3 Å². The maximum absolute atomic E-state index is 11.3. The Morgan fingerprint density at radius 2 is 2.00 bits per heavy atom. The third-order valence-corrected chi connectivity index (χ3v) is 2.24. The van der Waals surface area contributed by atoms with Gasteiger partial charge in [0.05, 0.1) is 0 Å². The molecule has 2 amide bonds. The molecule has 92 valence electrons. The van der Waals surface area contributed by atoms with Crippen LogP contribution in [0.5, 0.6) is 0 Å². The van der Waals surface area contributed by atoms with Crippen LogP contribution in [0.3, 0.4) is 0 Å². The highest BCUT2D eigenvalue weighted by Gasteiger charge is 2.18. The van der Waals surface area contributed by atoms with E-state index in [-0.39, 0.29) is 12.5 Å². The van der Waals surface area contributed by atoms with Crippen molar-refractivity contribution < 1.29 is 14.3 Å². The lowest BCUT2D eigenvalue weighted by Gasteiger charge is -2.15. The van der Waals surface area contributed by atoms with Crippen LogP contribution in [-0.2, 0) is 20.7 Å². The number of carbonyl (C=O) groups is 2. The van der Waals surface area contributed by atoms with Gasteiger partial charge in [-0.25, -0.2) is 0 Å². The molecule has 0 saturated heterocycles. The van der Waals surface area contributed by atoms with Gasteiger partial charge in [-0.1, -0.05) is 30.3 Å². The number of ether oxygens (including phenoxy) is 1. The van der Waals surface area contributed by atoms with E-state index in [1.54, 1.807) is 0 Å². The number of benzene rings is 1. The topological polar surface area (TPSA) is 81.4 Å². The highest BCUT2D eigenvalue weighted by molar-refractivity contribution is 5.87. The molecule has 17 heavy (non-hydrogen) atoms. The van der Waals surface area contributed by atoms with Gasteiger partial charge in [0, 0.05) is 13.5 Å². The largest absolute Gasteiger partial charge is 0.375 e. The lowest BCUT2D eigenvalue weighted by Crippen LogP contribution is -2.46. The summed E-state index contributed by atoms with van der Waals surface area (Å²) >= 11 is 0. The normalized spacial score (nSPS) is 11.8. The molecule has 5 nitrogen and oxygen atoms in total. The summed E-state index contributed by atoms with van der Waals surface area (Å²) in [5.41, 5.74) is 6.17. The van der Waals surface area contributed by atoms with Crippen LogP contribution in [0, 0.1) is 0 Å². The van der Waals surface area contributed by atoms with Gasteiger partial charge in [0.1, 0.15) is 12.6 Å². The molecule has 0 saturated carbocycles. The Bertz CT molecular complexity index is 379. The molecule has 0 aliphatic carbocycles. The summed E-state index contributed by atoms with van der Waals surface area (Å²) in [5.74, 6) is -0.912. The summed E-state index contributed by atoms with van der Waals surface area (Å²) in [6.45, 7) is -0.0848. The average molecular weight is 236 g/mol. The molecule has 0 aromatic heterocycles. The molecular formula is C12H16N2O3. The molecular weight excluding hydrogens is 220 g/mol. The van der Waals surface area contributed by atoms with E-state index < -0.39 is 11.9 Å². The van der Waals surface area contributed by atoms with Gasteiger partial charge >= 0.3 is 0 Å². The summed E-state index contributed by atoms with van der Waals surface area (Å²) < 4.78 is 4.67. The van der Waals surface area contributed by atoms with Crippen LogP contribution in [0.25, 0.3) is 0 Å². The molecule has 1 atom stereocenters. The molecule has 0 radical (unpaired) electrons. The van der Waals surface area contributed by atoms with E-state index in [4.69, 9.17) is 5.73 Å². The van der Waals surface area contributed by atoms with Gasteiger partial charge in [0.2, 0.25) is 11.8 Å². The van der Waals surface area contributed by atoms with Crippen molar-refractivity contribution in [2.75, 3.05) is 13.7 Å². The van der Waals surface area contributed by atoms with Crippen molar-refractivity contribution in [2.45, 2.75) is 12.5 Å². The zero-order valence-corrected chi connectivity index (χ0v) is 9.68. The molecule has 5 heteroatoms. The van der Waals surface area contributed by atoms with Gasteiger partial charge < -0.3 is 15.8 Å². The van der Waals surface area contributed by atoms with Crippen molar-refractivity contribution in [3.63, 3.8) is 0 Å². The summed E-state index contributed by atoms with van der Waals surface area (Å²) in [5, 5.41) is 2.53. The summed E-state index contributed by atoms with van der Waals surface area (Å²) in [6, 6.07) is 8.65. The van der Waals surface area contributed by atoms with Crippen molar-refractivity contribution in [1.29, 1.82) is 0 Å². The van der Waals surface area contributed by atoms with Crippen LogP contribution in [0.1, 0.15) is 5.56 Å². The number of nitrogens with two attached hydrogens (primary N) is 1. The second-order valence-electron chi connectivity index (χ2n) is 3.65. The Morgan fingerprint density at radius 1 is 1.35 bits per heavy atom. The fourth-order valence-electron chi connectivity index (χ4n) is 1.44. The minimum atomic E-state index is -0.708. The molecule has 0 bridgehead atoms. The SMILES string of the molecule is COCC(=O)N[C@H](Cc1ccccc1)C(N)=O. The first-order chi connectivity index (χ1) is 8.13. The number of primary amides is 1. The Morgan fingerprint density at radius 3 is 2.53 bits per heavy atom. The molecule has 0 fully saturated rings. The number of nitrogens with one attached hydrogen (secondary N) is 1. The number of hydrogen-bond acceptors (Lipinski definition) is 3. The standard InChI is InChI=1S/C12H16N2O3/c1-17-8-11(15)14-10(12(13)16)7-9-5-3-2-4-6-9/h2-6,10H,7-8H2,1H3,(H2,13,16)(H,14,15)/t10-/m1/s1. The van der Waals surface area contributed by atoms with Gasteiger partial charge in [0.15, 0.2) is 0 Å². The molecule has 0 spiro atoms. The summed E-state index contributed by atoms with van der Waals surface area (Å²) in [6.07, 6.45) is 0.381. The summed E-state index contributed by atoms with van der Waals surface area (Å²) in [4.78, 5) is 22.5. The minimum Gasteiger partial charge on any atom is -0.375 e. The van der Waals surface area contributed by atoms with E-state index >= 15 is 0 Å². The third kappa shape index (κ3) is 4.65.